The number of benzene rings is 1. The van der Waals surface area contributed by atoms with E-state index >= 15 is 0 Å². The maximum Gasteiger partial charge on any atom is 0.227 e. The standard InChI is InChI=1S/C23H28N4O3/c1-2-21(29)27-19-9-8-14(13-25-26-24)10-18(19)23(30)22-17(11-16(28)12-20(22)27)15-6-4-3-5-7-15/h8-10,15,17,20,22H,2-7,11-13H2,1H3/t17-,20-,22+/m1/s1. The van der Waals surface area contributed by atoms with E-state index in [2.05, 4.69) is 10.0 Å². The predicted molar refractivity (Wildman–Crippen MR) is 113 cm³/mol. The lowest BCUT2D eigenvalue weighted by atomic mass is 9.62. The maximum atomic E-state index is 13.7. The Bertz CT molecular complexity index is 915. The summed E-state index contributed by atoms with van der Waals surface area (Å²) in [4.78, 5) is 44.0. The Kier molecular flexibility index (Phi) is 5.91. The van der Waals surface area contributed by atoms with E-state index in [0.717, 1.165) is 31.2 Å². The number of carbonyl (C=O) groups is 3. The van der Waals surface area contributed by atoms with Gasteiger partial charge in [0.2, 0.25) is 5.91 Å². The minimum absolute atomic E-state index is 0.00476. The van der Waals surface area contributed by atoms with Crippen molar-refractivity contribution in [1.82, 2.24) is 0 Å². The fourth-order valence-electron chi connectivity index (χ4n) is 5.81. The van der Waals surface area contributed by atoms with Gasteiger partial charge in [0.1, 0.15) is 5.78 Å². The summed E-state index contributed by atoms with van der Waals surface area (Å²) in [6, 6.07) is 4.95. The van der Waals surface area contributed by atoms with Crippen molar-refractivity contribution >= 4 is 23.2 Å². The van der Waals surface area contributed by atoms with E-state index in [1.54, 1.807) is 23.1 Å². The van der Waals surface area contributed by atoms with Gasteiger partial charge in [-0.1, -0.05) is 50.2 Å². The van der Waals surface area contributed by atoms with E-state index in [9.17, 15) is 14.4 Å². The molecule has 2 saturated carbocycles. The summed E-state index contributed by atoms with van der Waals surface area (Å²) in [5, 5.41) is 3.61. The van der Waals surface area contributed by atoms with Gasteiger partial charge >= 0.3 is 0 Å². The second-order valence-corrected chi connectivity index (χ2v) is 8.82. The minimum Gasteiger partial charge on any atom is -0.307 e. The Morgan fingerprint density at radius 2 is 1.97 bits per heavy atom. The van der Waals surface area contributed by atoms with Crippen molar-refractivity contribution in [3.63, 3.8) is 0 Å². The number of azide groups is 1. The molecule has 0 spiro atoms. The zero-order valence-electron chi connectivity index (χ0n) is 17.4. The summed E-state index contributed by atoms with van der Waals surface area (Å²) in [6.45, 7) is 1.98. The summed E-state index contributed by atoms with van der Waals surface area (Å²) in [6.07, 6.45) is 6.63. The van der Waals surface area contributed by atoms with Gasteiger partial charge in [0, 0.05) is 35.7 Å². The summed E-state index contributed by atoms with van der Waals surface area (Å²) in [5.41, 5.74) is 10.5. The molecule has 2 aliphatic carbocycles. The van der Waals surface area contributed by atoms with Gasteiger partial charge in [-0.15, -0.1) is 0 Å². The van der Waals surface area contributed by atoms with Crippen molar-refractivity contribution in [2.24, 2.45) is 22.9 Å². The van der Waals surface area contributed by atoms with E-state index in [0.29, 0.717) is 30.0 Å². The van der Waals surface area contributed by atoms with Gasteiger partial charge in [0.05, 0.1) is 18.3 Å². The van der Waals surface area contributed by atoms with Gasteiger partial charge in [-0.05, 0) is 35.1 Å². The van der Waals surface area contributed by atoms with Crippen molar-refractivity contribution in [3.05, 3.63) is 39.8 Å². The SMILES string of the molecule is CCC(=O)N1c2ccc(CN=[N+]=[N-])cc2C(=O)[C@H]2[C@@H](C3CCCCC3)CC(=O)C[C@H]21. The van der Waals surface area contributed by atoms with Crippen molar-refractivity contribution in [2.75, 3.05) is 4.90 Å². The van der Waals surface area contributed by atoms with Crippen LogP contribution in [0.25, 0.3) is 10.4 Å². The molecule has 158 valence electrons. The quantitative estimate of drug-likeness (QED) is 0.398. The van der Waals surface area contributed by atoms with Crippen LogP contribution in [0, 0.1) is 17.8 Å². The van der Waals surface area contributed by atoms with Crippen molar-refractivity contribution in [2.45, 2.75) is 70.9 Å². The molecule has 0 aromatic heterocycles. The van der Waals surface area contributed by atoms with Gasteiger partial charge in [0.25, 0.3) is 0 Å². The Labute approximate surface area is 176 Å². The zero-order valence-corrected chi connectivity index (χ0v) is 17.4. The molecule has 0 N–H and O–H groups in total. The number of amides is 1. The van der Waals surface area contributed by atoms with Crippen LogP contribution in [-0.4, -0.2) is 23.5 Å². The number of hydrogen-bond donors (Lipinski definition) is 0. The third-order valence-electron chi connectivity index (χ3n) is 7.14. The molecule has 1 aliphatic heterocycles. The molecule has 30 heavy (non-hydrogen) atoms. The molecular weight excluding hydrogens is 380 g/mol. The summed E-state index contributed by atoms with van der Waals surface area (Å²) in [5.74, 6) is 0.191. The molecule has 0 radical (unpaired) electrons. The van der Waals surface area contributed by atoms with Gasteiger partial charge in [-0.3, -0.25) is 14.4 Å². The van der Waals surface area contributed by atoms with E-state index in [1.165, 1.54) is 6.42 Å². The van der Waals surface area contributed by atoms with Crippen LogP contribution in [0.2, 0.25) is 0 Å². The molecule has 1 aromatic rings. The number of rotatable bonds is 4. The van der Waals surface area contributed by atoms with E-state index in [4.69, 9.17) is 5.53 Å². The molecule has 7 nitrogen and oxygen atoms in total. The van der Waals surface area contributed by atoms with Crippen LogP contribution >= 0.6 is 0 Å². The molecule has 1 amide bonds. The predicted octanol–water partition coefficient (Wildman–Crippen LogP) is 4.98. The van der Waals surface area contributed by atoms with Crippen molar-refractivity contribution in [3.8, 4) is 0 Å². The summed E-state index contributed by atoms with van der Waals surface area (Å²) >= 11 is 0. The van der Waals surface area contributed by atoms with Crippen LogP contribution < -0.4 is 4.90 Å². The van der Waals surface area contributed by atoms with Crippen LogP contribution in [0.15, 0.2) is 23.3 Å². The first-order valence-corrected chi connectivity index (χ1v) is 11.1. The second-order valence-electron chi connectivity index (χ2n) is 8.82. The van der Waals surface area contributed by atoms with E-state index in [1.807, 2.05) is 6.92 Å². The van der Waals surface area contributed by atoms with Crippen molar-refractivity contribution < 1.29 is 14.4 Å². The lowest BCUT2D eigenvalue weighted by Crippen LogP contribution is -2.57. The lowest BCUT2D eigenvalue weighted by Gasteiger charge is -2.49. The molecule has 1 aromatic carbocycles. The van der Waals surface area contributed by atoms with Crippen LogP contribution in [-0.2, 0) is 16.1 Å². The number of Topliss-reactive ketones (excluding diaryl/α,β-unsaturated/α-hetero) is 2. The number of fused-ring (bicyclic) bond motifs is 2. The maximum absolute atomic E-state index is 13.7. The molecule has 3 atom stereocenters. The second kappa shape index (κ2) is 8.60. The Hall–Kier alpha value is -2.66. The monoisotopic (exact) mass is 408 g/mol. The highest BCUT2D eigenvalue weighted by Gasteiger charge is 2.51. The molecule has 7 heteroatoms. The summed E-state index contributed by atoms with van der Waals surface area (Å²) in [7, 11) is 0. The third-order valence-corrected chi connectivity index (χ3v) is 7.14. The van der Waals surface area contributed by atoms with E-state index < -0.39 is 0 Å². The first-order chi connectivity index (χ1) is 14.5. The van der Waals surface area contributed by atoms with Crippen LogP contribution in [0.5, 0.6) is 0 Å². The Morgan fingerprint density at radius 3 is 2.67 bits per heavy atom. The average molecular weight is 409 g/mol. The summed E-state index contributed by atoms with van der Waals surface area (Å²) < 4.78 is 0. The lowest BCUT2D eigenvalue weighted by molar-refractivity contribution is -0.125. The molecule has 2 fully saturated rings. The number of carbonyl (C=O) groups excluding carboxylic acids is 3. The highest BCUT2D eigenvalue weighted by Crippen LogP contribution is 2.48. The normalized spacial score (nSPS) is 26.6. The van der Waals surface area contributed by atoms with E-state index in [-0.39, 0.29) is 48.3 Å². The minimum atomic E-state index is -0.381. The number of ketones is 2. The van der Waals surface area contributed by atoms with Crippen LogP contribution in [0.4, 0.5) is 5.69 Å². The average Bonchev–Trinajstić information content (AvgIpc) is 2.77. The Balaban J connectivity index is 1.80. The molecule has 3 aliphatic rings. The first kappa shape index (κ1) is 20.6. The largest absolute Gasteiger partial charge is 0.307 e. The number of nitrogens with zero attached hydrogens (tertiary/aromatic N) is 4. The highest BCUT2D eigenvalue weighted by atomic mass is 16.2. The Morgan fingerprint density at radius 1 is 1.20 bits per heavy atom. The molecule has 4 rings (SSSR count). The fraction of sp³-hybridized carbons (Fsp3) is 0.609. The first-order valence-electron chi connectivity index (χ1n) is 11.1. The molecule has 0 bridgehead atoms. The van der Waals surface area contributed by atoms with Gasteiger partial charge in [-0.25, -0.2) is 0 Å². The smallest absolute Gasteiger partial charge is 0.227 e. The van der Waals surface area contributed by atoms with Crippen LogP contribution in [0.3, 0.4) is 0 Å². The van der Waals surface area contributed by atoms with Crippen molar-refractivity contribution in [1.29, 1.82) is 0 Å². The molecular formula is C23H28N4O3. The third kappa shape index (κ3) is 3.63. The molecule has 0 saturated heterocycles. The zero-order chi connectivity index (χ0) is 21.3. The molecule has 1 heterocycles. The van der Waals surface area contributed by atoms with Gasteiger partial charge in [-0.2, -0.15) is 0 Å². The number of anilines is 1. The highest BCUT2D eigenvalue weighted by molar-refractivity contribution is 6.12. The number of hydrogen-bond acceptors (Lipinski definition) is 4. The van der Waals surface area contributed by atoms with Gasteiger partial charge < -0.3 is 4.90 Å². The molecule has 0 unspecified atom stereocenters. The van der Waals surface area contributed by atoms with Crippen LogP contribution in [0.1, 0.15) is 74.2 Å². The van der Waals surface area contributed by atoms with Gasteiger partial charge in [0.15, 0.2) is 5.78 Å². The topological polar surface area (TPSA) is 103 Å². The fourth-order valence-corrected chi connectivity index (χ4v) is 5.81.